The van der Waals surface area contributed by atoms with E-state index in [2.05, 4.69) is 17.0 Å². The fourth-order valence-corrected chi connectivity index (χ4v) is 1.88. The Morgan fingerprint density at radius 1 is 1.18 bits per heavy atom. The maximum Gasteiger partial charge on any atom is 0.146 e. The summed E-state index contributed by atoms with van der Waals surface area (Å²) in [4.78, 5) is 13.4. The molecule has 0 bridgehead atoms. The molecule has 0 spiro atoms. The number of carbonyl (C=O) groups excluding carboxylic acids is 1. The van der Waals surface area contributed by atoms with Gasteiger partial charge in [-0.1, -0.05) is 30.3 Å². The number of piperidine rings is 1. The molecule has 17 heavy (non-hydrogen) atoms. The van der Waals surface area contributed by atoms with E-state index >= 15 is 0 Å². The third-order valence-electron chi connectivity index (χ3n) is 2.58. The van der Waals surface area contributed by atoms with Gasteiger partial charge in [0.05, 0.1) is 6.54 Å². The van der Waals surface area contributed by atoms with E-state index in [1.807, 2.05) is 18.2 Å². The van der Waals surface area contributed by atoms with Gasteiger partial charge in [0.1, 0.15) is 5.78 Å². The van der Waals surface area contributed by atoms with Crippen molar-refractivity contribution in [3.63, 3.8) is 0 Å². The summed E-state index contributed by atoms with van der Waals surface area (Å²) in [5.41, 5.74) is 1.29. The highest BCUT2D eigenvalue weighted by molar-refractivity contribution is 5.81. The van der Waals surface area contributed by atoms with Crippen molar-refractivity contribution in [1.82, 2.24) is 4.90 Å². The van der Waals surface area contributed by atoms with E-state index < -0.39 is 0 Å². The van der Waals surface area contributed by atoms with Gasteiger partial charge in [-0.3, -0.25) is 20.2 Å². The largest absolute Gasteiger partial charge is 0.412 e. The van der Waals surface area contributed by atoms with Gasteiger partial charge in [-0.15, -0.1) is 0 Å². The first kappa shape index (κ1) is 15.7. The van der Waals surface area contributed by atoms with Crippen molar-refractivity contribution >= 4 is 5.78 Å². The van der Waals surface area contributed by atoms with Crippen LogP contribution in [0.5, 0.6) is 0 Å². The highest BCUT2D eigenvalue weighted by Crippen LogP contribution is 2.10. The van der Waals surface area contributed by atoms with Crippen LogP contribution in [-0.2, 0) is 11.3 Å². The summed E-state index contributed by atoms with van der Waals surface area (Å²) in [5.74, 6) is 0.382. The second-order valence-corrected chi connectivity index (χ2v) is 3.84. The fraction of sp³-hybridized carbons (Fsp3) is 0.417. The van der Waals surface area contributed by atoms with Crippen molar-refractivity contribution in [3.8, 4) is 0 Å². The Hall–Kier alpha value is -1.27. The zero-order valence-corrected chi connectivity index (χ0v) is 9.67. The number of nitrogens with zero attached hydrogens (tertiary/aromatic N) is 1. The molecule has 0 saturated carbocycles. The Balaban J connectivity index is 0.000000811. The van der Waals surface area contributed by atoms with Gasteiger partial charge in [0.2, 0.25) is 0 Å². The van der Waals surface area contributed by atoms with Gasteiger partial charge in [-0.2, -0.15) is 0 Å². The molecular formula is C12H19NO4. The number of carbonyl (C=O) groups is 1. The Bertz CT molecular complexity index is 316. The Morgan fingerprint density at radius 2 is 1.82 bits per heavy atom. The van der Waals surface area contributed by atoms with Crippen LogP contribution in [0.2, 0.25) is 0 Å². The molecule has 5 heteroatoms. The molecule has 0 amide bonds. The second kappa shape index (κ2) is 8.83. The summed E-state index contributed by atoms with van der Waals surface area (Å²) in [6, 6.07) is 10.3. The summed E-state index contributed by atoms with van der Waals surface area (Å²) in [6.45, 7) is 2.60. The number of ketones is 1. The number of Topliss-reactive ketones (excluding diaryl/α,β-unsaturated/α-hetero) is 1. The monoisotopic (exact) mass is 241 g/mol. The minimum Gasteiger partial charge on any atom is -0.412 e. The maximum atomic E-state index is 11.2. The third-order valence-corrected chi connectivity index (χ3v) is 2.58. The van der Waals surface area contributed by atoms with Crippen molar-refractivity contribution in [3.05, 3.63) is 35.9 Å². The van der Waals surface area contributed by atoms with Crippen molar-refractivity contribution in [1.29, 1.82) is 0 Å². The first-order valence-electron chi connectivity index (χ1n) is 5.32. The highest BCUT2D eigenvalue weighted by Gasteiger charge is 2.16. The molecule has 2 rings (SSSR count). The summed E-state index contributed by atoms with van der Waals surface area (Å²) in [6.07, 6.45) is 1.79. The average molecular weight is 241 g/mol. The molecular weight excluding hydrogens is 222 g/mol. The zero-order valence-electron chi connectivity index (χ0n) is 9.67. The molecule has 1 aromatic rings. The molecule has 0 aliphatic carbocycles. The minimum atomic E-state index is 0. The lowest BCUT2D eigenvalue weighted by Gasteiger charge is -2.25. The molecule has 0 radical (unpaired) electrons. The predicted molar refractivity (Wildman–Crippen MR) is 64.8 cm³/mol. The molecule has 96 valence electrons. The minimum absolute atomic E-state index is 0. The van der Waals surface area contributed by atoms with Crippen LogP contribution in [-0.4, -0.2) is 39.8 Å². The normalized spacial score (nSPS) is 15.5. The standard InChI is InChI=1S/C12H15NO.H2O2.H2O/c14-12-7-4-8-13(10-12)9-11-5-2-1-3-6-11;1-2;/h1-3,5-6H,4,7-10H2;1-2H;1H2. The molecule has 1 aliphatic rings. The van der Waals surface area contributed by atoms with Gasteiger partial charge in [0, 0.05) is 13.0 Å². The van der Waals surface area contributed by atoms with E-state index in [0.717, 1.165) is 25.9 Å². The molecule has 1 heterocycles. The van der Waals surface area contributed by atoms with Crippen LogP contribution in [0.25, 0.3) is 0 Å². The van der Waals surface area contributed by atoms with Gasteiger partial charge in [0.15, 0.2) is 0 Å². The van der Waals surface area contributed by atoms with E-state index in [4.69, 9.17) is 10.5 Å². The number of rotatable bonds is 2. The lowest BCUT2D eigenvalue weighted by atomic mass is 10.1. The lowest BCUT2D eigenvalue weighted by Crippen LogP contribution is -2.34. The fourth-order valence-electron chi connectivity index (χ4n) is 1.88. The van der Waals surface area contributed by atoms with Crippen LogP contribution < -0.4 is 0 Å². The number of hydrogen-bond donors (Lipinski definition) is 2. The molecule has 4 N–H and O–H groups in total. The average Bonchev–Trinajstić information content (AvgIpc) is 2.33. The van der Waals surface area contributed by atoms with E-state index in [1.165, 1.54) is 5.56 Å². The third kappa shape index (κ3) is 5.55. The van der Waals surface area contributed by atoms with Crippen LogP contribution >= 0.6 is 0 Å². The van der Waals surface area contributed by atoms with Gasteiger partial charge in [-0.05, 0) is 18.5 Å². The van der Waals surface area contributed by atoms with E-state index in [1.54, 1.807) is 0 Å². The van der Waals surface area contributed by atoms with Crippen LogP contribution in [0, 0.1) is 0 Å². The van der Waals surface area contributed by atoms with Gasteiger partial charge < -0.3 is 5.48 Å². The van der Waals surface area contributed by atoms with E-state index in [0.29, 0.717) is 12.3 Å². The van der Waals surface area contributed by atoms with Gasteiger partial charge in [0.25, 0.3) is 0 Å². The molecule has 1 aliphatic heterocycles. The Morgan fingerprint density at radius 3 is 2.41 bits per heavy atom. The molecule has 1 fully saturated rings. The van der Waals surface area contributed by atoms with Crippen molar-refractivity contribution in [2.45, 2.75) is 19.4 Å². The highest BCUT2D eigenvalue weighted by atomic mass is 17.0. The number of benzene rings is 1. The maximum absolute atomic E-state index is 11.2. The summed E-state index contributed by atoms with van der Waals surface area (Å²) in [7, 11) is 0. The molecule has 0 unspecified atom stereocenters. The quantitative estimate of drug-likeness (QED) is 0.597. The van der Waals surface area contributed by atoms with E-state index in [-0.39, 0.29) is 5.48 Å². The summed E-state index contributed by atoms with van der Waals surface area (Å²) in [5, 5.41) is 12.0. The smallest absolute Gasteiger partial charge is 0.146 e. The van der Waals surface area contributed by atoms with Gasteiger partial charge in [-0.25, -0.2) is 0 Å². The first-order valence-corrected chi connectivity index (χ1v) is 5.32. The van der Waals surface area contributed by atoms with Crippen molar-refractivity contribution in [2.24, 2.45) is 0 Å². The second-order valence-electron chi connectivity index (χ2n) is 3.84. The number of likely N-dealkylation sites (tertiary alicyclic amines) is 1. The van der Waals surface area contributed by atoms with Crippen LogP contribution in [0.15, 0.2) is 30.3 Å². The molecule has 5 nitrogen and oxygen atoms in total. The number of hydrogen-bond acceptors (Lipinski definition) is 4. The Kier molecular flexibility index (Phi) is 8.17. The lowest BCUT2D eigenvalue weighted by molar-refractivity contribution is -0.176. The van der Waals surface area contributed by atoms with Crippen molar-refractivity contribution in [2.75, 3.05) is 13.1 Å². The predicted octanol–water partition coefficient (Wildman–Crippen LogP) is 1.04. The SMILES string of the molecule is O.O=C1CCCN(Cc2ccccc2)C1.OO. The van der Waals surface area contributed by atoms with Crippen LogP contribution in [0.4, 0.5) is 0 Å². The topological polar surface area (TPSA) is 92.3 Å². The summed E-state index contributed by atoms with van der Waals surface area (Å²) < 4.78 is 0. The van der Waals surface area contributed by atoms with Crippen LogP contribution in [0.3, 0.4) is 0 Å². The molecule has 0 aromatic heterocycles. The first-order chi connectivity index (χ1) is 7.84. The van der Waals surface area contributed by atoms with Crippen molar-refractivity contribution < 1.29 is 20.8 Å². The molecule has 1 aromatic carbocycles. The summed E-state index contributed by atoms with van der Waals surface area (Å²) >= 11 is 0. The molecule has 0 atom stereocenters. The zero-order chi connectivity index (χ0) is 11.8. The molecule has 1 saturated heterocycles. The van der Waals surface area contributed by atoms with Crippen LogP contribution in [0.1, 0.15) is 18.4 Å². The van der Waals surface area contributed by atoms with E-state index in [9.17, 15) is 4.79 Å². The van der Waals surface area contributed by atoms with Gasteiger partial charge >= 0.3 is 0 Å². The Labute approximate surface area is 101 Å².